The first-order valence-corrected chi connectivity index (χ1v) is 11.2. The quantitative estimate of drug-likeness (QED) is 0.575. The van der Waals surface area contributed by atoms with Crippen LogP contribution in [0.3, 0.4) is 0 Å². The van der Waals surface area contributed by atoms with E-state index in [0.29, 0.717) is 29.1 Å². The summed E-state index contributed by atoms with van der Waals surface area (Å²) in [4.78, 5) is 53.0. The number of ether oxygens (including phenoxy) is 1. The molecule has 1 aliphatic rings. The number of carbonyl (C=O) groups is 2. The SMILES string of the molecule is COc1ccccc1CNC(=O)Cn1c(=O)c2sccc2n(CC(=O)N2CCCC2)c1=O. The summed E-state index contributed by atoms with van der Waals surface area (Å²) in [5.41, 5.74) is -0.000504. The van der Waals surface area contributed by atoms with Gasteiger partial charge in [-0.25, -0.2) is 9.36 Å². The minimum absolute atomic E-state index is 0.158. The van der Waals surface area contributed by atoms with Crippen molar-refractivity contribution in [2.45, 2.75) is 32.5 Å². The highest BCUT2D eigenvalue weighted by atomic mass is 32.1. The highest BCUT2D eigenvalue weighted by molar-refractivity contribution is 7.17. The zero-order chi connectivity index (χ0) is 22.7. The topological polar surface area (TPSA) is 103 Å². The van der Waals surface area contributed by atoms with E-state index in [1.165, 1.54) is 15.9 Å². The molecule has 32 heavy (non-hydrogen) atoms. The van der Waals surface area contributed by atoms with Gasteiger partial charge in [0.15, 0.2) is 0 Å². The minimum atomic E-state index is -0.666. The summed E-state index contributed by atoms with van der Waals surface area (Å²) >= 11 is 1.19. The number of para-hydroxylation sites is 1. The third-order valence-corrected chi connectivity index (χ3v) is 6.45. The van der Waals surface area contributed by atoms with Gasteiger partial charge in [-0.15, -0.1) is 11.3 Å². The fourth-order valence-electron chi connectivity index (χ4n) is 3.87. The van der Waals surface area contributed by atoms with Gasteiger partial charge < -0.3 is 15.0 Å². The van der Waals surface area contributed by atoms with Crippen molar-refractivity contribution in [3.63, 3.8) is 0 Å². The maximum Gasteiger partial charge on any atom is 0.332 e. The van der Waals surface area contributed by atoms with Crippen LogP contribution in [0.25, 0.3) is 10.2 Å². The number of rotatable bonds is 7. The summed E-state index contributed by atoms with van der Waals surface area (Å²) < 4.78 is 7.81. The van der Waals surface area contributed by atoms with Gasteiger partial charge in [0.1, 0.15) is 23.5 Å². The van der Waals surface area contributed by atoms with Crippen molar-refractivity contribution in [2.75, 3.05) is 20.2 Å². The lowest BCUT2D eigenvalue weighted by Gasteiger charge is -2.17. The normalized spacial score (nSPS) is 13.5. The highest BCUT2D eigenvalue weighted by Gasteiger charge is 2.22. The van der Waals surface area contributed by atoms with Gasteiger partial charge in [0.2, 0.25) is 11.8 Å². The Labute approximate surface area is 187 Å². The van der Waals surface area contributed by atoms with E-state index in [0.717, 1.165) is 23.0 Å². The van der Waals surface area contributed by atoms with Crippen molar-refractivity contribution in [3.05, 3.63) is 62.1 Å². The van der Waals surface area contributed by atoms with E-state index in [9.17, 15) is 19.2 Å². The molecule has 0 spiro atoms. The number of hydrogen-bond acceptors (Lipinski definition) is 6. The second kappa shape index (κ2) is 9.39. The van der Waals surface area contributed by atoms with Crippen LogP contribution in [0.4, 0.5) is 0 Å². The first kappa shape index (κ1) is 21.8. The Bertz CT molecular complexity index is 1270. The Morgan fingerprint density at radius 1 is 1.06 bits per heavy atom. The van der Waals surface area contributed by atoms with Crippen molar-refractivity contribution in [1.82, 2.24) is 19.4 Å². The average molecular weight is 457 g/mol. The van der Waals surface area contributed by atoms with E-state index >= 15 is 0 Å². The number of benzene rings is 1. The molecule has 10 heteroatoms. The van der Waals surface area contributed by atoms with Crippen LogP contribution < -0.4 is 21.3 Å². The lowest BCUT2D eigenvalue weighted by Crippen LogP contribution is -2.45. The number of nitrogens with one attached hydrogen (secondary N) is 1. The van der Waals surface area contributed by atoms with Crippen LogP contribution in [-0.4, -0.2) is 46.0 Å². The summed E-state index contributed by atoms with van der Waals surface area (Å²) in [5, 5.41) is 4.43. The summed E-state index contributed by atoms with van der Waals surface area (Å²) in [6.07, 6.45) is 1.89. The second-order valence-electron chi connectivity index (χ2n) is 7.57. The predicted molar refractivity (Wildman–Crippen MR) is 121 cm³/mol. The van der Waals surface area contributed by atoms with Crippen molar-refractivity contribution < 1.29 is 14.3 Å². The van der Waals surface area contributed by atoms with Crippen molar-refractivity contribution in [3.8, 4) is 5.75 Å². The first-order chi connectivity index (χ1) is 15.5. The van der Waals surface area contributed by atoms with E-state index in [4.69, 9.17) is 4.74 Å². The second-order valence-corrected chi connectivity index (χ2v) is 8.49. The number of fused-ring (bicyclic) bond motifs is 1. The molecule has 1 saturated heterocycles. The number of thiophene rings is 1. The molecule has 3 aromatic rings. The van der Waals surface area contributed by atoms with Gasteiger partial charge in [0.25, 0.3) is 5.56 Å². The standard InChI is InChI=1S/C22H24N4O5S/c1-31-17-7-3-2-6-15(17)12-23-18(27)13-26-21(29)20-16(8-11-32-20)25(22(26)30)14-19(28)24-9-4-5-10-24/h2-3,6-8,11H,4-5,9-10,12-14H2,1H3,(H,23,27). The molecule has 4 rings (SSSR count). The van der Waals surface area contributed by atoms with Crippen LogP contribution in [0.15, 0.2) is 45.3 Å². The van der Waals surface area contributed by atoms with E-state index < -0.39 is 23.7 Å². The molecule has 0 radical (unpaired) electrons. The fraction of sp³-hybridized carbons (Fsp3) is 0.364. The molecule has 0 atom stereocenters. The summed E-state index contributed by atoms with van der Waals surface area (Å²) in [7, 11) is 1.54. The molecule has 3 heterocycles. The van der Waals surface area contributed by atoms with Gasteiger partial charge in [0.05, 0.1) is 12.6 Å². The van der Waals surface area contributed by atoms with Crippen LogP contribution in [0.5, 0.6) is 5.75 Å². The Kier molecular flexibility index (Phi) is 6.40. The van der Waals surface area contributed by atoms with Gasteiger partial charge >= 0.3 is 5.69 Å². The molecule has 2 aromatic heterocycles. The van der Waals surface area contributed by atoms with Crippen LogP contribution in [-0.2, 0) is 29.2 Å². The maximum atomic E-state index is 13.1. The minimum Gasteiger partial charge on any atom is -0.496 e. The molecule has 1 N–H and O–H groups in total. The van der Waals surface area contributed by atoms with Crippen LogP contribution in [0.2, 0.25) is 0 Å². The summed E-state index contributed by atoms with van der Waals surface area (Å²) in [6, 6.07) is 8.92. The molecule has 1 aromatic carbocycles. The highest BCUT2D eigenvalue weighted by Crippen LogP contribution is 2.17. The monoisotopic (exact) mass is 456 g/mol. The molecule has 168 valence electrons. The number of amides is 2. The number of carbonyl (C=O) groups excluding carboxylic acids is 2. The number of aromatic nitrogens is 2. The number of likely N-dealkylation sites (tertiary alicyclic amines) is 1. The summed E-state index contributed by atoms with van der Waals surface area (Å²) in [5.74, 6) is -0.0147. The lowest BCUT2D eigenvalue weighted by atomic mass is 10.2. The predicted octanol–water partition coefficient (Wildman–Crippen LogP) is 1.17. The van der Waals surface area contributed by atoms with E-state index in [2.05, 4.69) is 5.32 Å². The van der Waals surface area contributed by atoms with Gasteiger partial charge in [-0.05, 0) is 30.4 Å². The molecule has 0 saturated carbocycles. The maximum absolute atomic E-state index is 13.1. The molecule has 2 amide bonds. The fourth-order valence-corrected chi connectivity index (χ4v) is 4.71. The zero-order valence-corrected chi connectivity index (χ0v) is 18.5. The van der Waals surface area contributed by atoms with E-state index in [1.54, 1.807) is 29.5 Å². The van der Waals surface area contributed by atoms with Crippen LogP contribution >= 0.6 is 11.3 Å². The molecular weight excluding hydrogens is 432 g/mol. The zero-order valence-electron chi connectivity index (χ0n) is 17.7. The van der Waals surface area contributed by atoms with E-state index in [-0.39, 0.29) is 19.0 Å². The third-order valence-electron chi connectivity index (χ3n) is 5.56. The first-order valence-electron chi connectivity index (χ1n) is 10.4. The van der Waals surface area contributed by atoms with E-state index in [1.807, 2.05) is 18.2 Å². The molecular formula is C22H24N4O5S. The Hall–Kier alpha value is -3.40. The number of hydrogen-bond donors (Lipinski definition) is 1. The van der Waals surface area contributed by atoms with Gasteiger partial charge in [-0.2, -0.15) is 0 Å². The van der Waals surface area contributed by atoms with Gasteiger partial charge in [-0.3, -0.25) is 19.0 Å². The van der Waals surface area contributed by atoms with Crippen molar-refractivity contribution in [2.24, 2.45) is 0 Å². The Morgan fingerprint density at radius 3 is 2.56 bits per heavy atom. The van der Waals surface area contributed by atoms with Gasteiger partial charge in [-0.1, -0.05) is 18.2 Å². The third kappa shape index (κ3) is 4.31. The van der Waals surface area contributed by atoms with Crippen LogP contribution in [0, 0.1) is 0 Å². The molecule has 0 aliphatic carbocycles. The van der Waals surface area contributed by atoms with Crippen molar-refractivity contribution >= 4 is 33.4 Å². The molecule has 9 nitrogen and oxygen atoms in total. The van der Waals surface area contributed by atoms with Crippen LogP contribution in [0.1, 0.15) is 18.4 Å². The number of methoxy groups -OCH3 is 1. The molecule has 0 bridgehead atoms. The molecule has 1 fully saturated rings. The molecule has 1 aliphatic heterocycles. The largest absolute Gasteiger partial charge is 0.496 e. The Balaban J connectivity index is 1.58. The average Bonchev–Trinajstić information content (AvgIpc) is 3.51. The number of nitrogens with zero attached hydrogens (tertiary/aromatic N) is 3. The summed E-state index contributed by atoms with van der Waals surface area (Å²) in [6.45, 7) is 0.949. The lowest BCUT2D eigenvalue weighted by molar-refractivity contribution is -0.130. The van der Waals surface area contributed by atoms with Crippen molar-refractivity contribution in [1.29, 1.82) is 0 Å². The smallest absolute Gasteiger partial charge is 0.332 e. The van der Waals surface area contributed by atoms with Gasteiger partial charge in [0, 0.05) is 25.2 Å². The molecule has 0 unspecified atom stereocenters. The Morgan fingerprint density at radius 2 is 1.81 bits per heavy atom.